The van der Waals surface area contributed by atoms with Crippen molar-refractivity contribution in [1.82, 2.24) is 14.7 Å². The van der Waals surface area contributed by atoms with Gasteiger partial charge >= 0.3 is 0 Å². The standard InChI is InChI=1S/C15H19ClN4O/c1-9-13(17)14(20(4)18-9)15(21)19(3)10(2)11-5-7-12(16)8-6-11/h5-8,10H,17H2,1-4H3. The number of aryl methyl sites for hydroxylation is 2. The number of carbonyl (C=O) groups excluding carboxylic acids is 1. The third-order valence-corrected chi connectivity index (χ3v) is 3.98. The third kappa shape index (κ3) is 2.88. The van der Waals surface area contributed by atoms with Gasteiger partial charge in [0.1, 0.15) is 5.69 Å². The van der Waals surface area contributed by atoms with E-state index >= 15 is 0 Å². The summed E-state index contributed by atoms with van der Waals surface area (Å²) in [6.07, 6.45) is 0. The van der Waals surface area contributed by atoms with Crippen molar-refractivity contribution in [3.05, 3.63) is 46.2 Å². The molecular weight excluding hydrogens is 288 g/mol. The number of anilines is 1. The van der Waals surface area contributed by atoms with E-state index in [-0.39, 0.29) is 11.9 Å². The smallest absolute Gasteiger partial charge is 0.274 e. The maximum absolute atomic E-state index is 12.6. The summed E-state index contributed by atoms with van der Waals surface area (Å²) < 4.78 is 1.53. The summed E-state index contributed by atoms with van der Waals surface area (Å²) in [7, 11) is 3.47. The fourth-order valence-corrected chi connectivity index (χ4v) is 2.36. The molecule has 0 saturated heterocycles. The Kier molecular flexibility index (Phi) is 4.23. The summed E-state index contributed by atoms with van der Waals surface area (Å²) in [6, 6.07) is 7.36. The van der Waals surface area contributed by atoms with Gasteiger partial charge in [-0.3, -0.25) is 9.48 Å². The maximum atomic E-state index is 12.6. The lowest BCUT2D eigenvalue weighted by Crippen LogP contribution is -2.31. The lowest BCUT2D eigenvalue weighted by atomic mass is 10.1. The topological polar surface area (TPSA) is 64.2 Å². The zero-order valence-electron chi connectivity index (χ0n) is 12.6. The highest BCUT2D eigenvalue weighted by Crippen LogP contribution is 2.24. The molecule has 0 aliphatic rings. The second-order valence-corrected chi connectivity index (χ2v) is 5.55. The number of nitrogen functional groups attached to an aromatic ring is 1. The molecule has 112 valence electrons. The van der Waals surface area contributed by atoms with Crippen LogP contribution in [0.5, 0.6) is 0 Å². The Labute approximate surface area is 129 Å². The van der Waals surface area contributed by atoms with Gasteiger partial charge in [-0.25, -0.2) is 0 Å². The van der Waals surface area contributed by atoms with Crippen LogP contribution < -0.4 is 5.73 Å². The zero-order valence-corrected chi connectivity index (χ0v) is 13.3. The van der Waals surface area contributed by atoms with Gasteiger partial charge in [0.15, 0.2) is 0 Å². The number of nitrogens with two attached hydrogens (primary N) is 1. The van der Waals surface area contributed by atoms with E-state index < -0.39 is 0 Å². The SMILES string of the molecule is Cc1nn(C)c(C(=O)N(C)C(C)c2ccc(Cl)cc2)c1N. The minimum absolute atomic E-state index is 0.0932. The molecular formula is C15H19ClN4O. The van der Waals surface area contributed by atoms with E-state index in [1.54, 1.807) is 25.9 Å². The fraction of sp³-hybridized carbons (Fsp3) is 0.333. The van der Waals surface area contributed by atoms with Crippen LogP contribution >= 0.6 is 11.6 Å². The summed E-state index contributed by atoms with van der Waals surface area (Å²) in [5, 5.41) is 4.86. The fourth-order valence-electron chi connectivity index (χ4n) is 2.24. The van der Waals surface area contributed by atoms with Crippen LogP contribution in [-0.2, 0) is 7.05 Å². The average Bonchev–Trinajstić information content (AvgIpc) is 2.70. The summed E-state index contributed by atoms with van der Waals surface area (Å²) in [6.45, 7) is 3.75. The van der Waals surface area contributed by atoms with Crippen molar-refractivity contribution in [1.29, 1.82) is 0 Å². The summed E-state index contributed by atoms with van der Waals surface area (Å²) in [5.41, 5.74) is 8.46. The molecule has 21 heavy (non-hydrogen) atoms. The van der Waals surface area contributed by atoms with Crippen molar-refractivity contribution < 1.29 is 4.79 Å². The highest BCUT2D eigenvalue weighted by Gasteiger charge is 2.25. The van der Waals surface area contributed by atoms with Crippen molar-refractivity contribution in [3.8, 4) is 0 Å². The molecule has 1 unspecified atom stereocenters. The molecule has 0 spiro atoms. The quantitative estimate of drug-likeness (QED) is 0.948. The first-order valence-corrected chi connectivity index (χ1v) is 7.02. The Morgan fingerprint density at radius 3 is 2.43 bits per heavy atom. The van der Waals surface area contributed by atoms with Gasteiger partial charge in [-0.05, 0) is 31.5 Å². The predicted octanol–water partition coefficient (Wildman–Crippen LogP) is 2.80. The van der Waals surface area contributed by atoms with E-state index in [0.717, 1.165) is 5.56 Å². The van der Waals surface area contributed by atoms with Gasteiger partial charge in [0.2, 0.25) is 0 Å². The van der Waals surface area contributed by atoms with Crippen LogP contribution in [0.25, 0.3) is 0 Å². The molecule has 1 heterocycles. The van der Waals surface area contributed by atoms with Crippen LogP contribution in [0, 0.1) is 6.92 Å². The molecule has 1 aromatic carbocycles. The van der Waals surface area contributed by atoms with E-state index in [4.69, 9.17) is 17.3 Å². The van der Waals surface area contributed by atoms with Gasteiger partial charge in [0.25, 0.3) is 5.91 Å². The Morgan fingerprint density at radius 2 is 1.95 bits per heavy atom. The number of benzene rings is 1. The van der Waals surface area contributed by atoms with E-state index in [1.807, 2.05) is 31.2 Å². The Bertz CT molecular complexity index is 663. The van der Waals surface area contributed by atoms with E-state index in [1.165, 1.54) is 4.68 Å². The number of rotatable bonds is 3. The van der Waals surface area contributed by atoms with Crippen molar-refractivity contribution in [2.24, 2.45) is 7.05 Å². The molecule has 0 fully saturated rings. The van der Waals surface area contributed by atoms with Gasteiger partial charge < -0.3 is 10.6 Å². The van der Waals surface area contributed by atoms with Crippen LogP contribution in [0.15, 0.2) is 24.3 Å². The Hall–Kier alpha value is -2.01. The van der Waals surface area contributed by atoms with Crippen LogP contribution in [0.1, 0.15) is 34.7 Å². The van der Waals surface area contributed by atoms with Crippen molar-refractivity contribution in [3.63, 3.8) is 0 Å². The van der Waals surface area contributed by atoms with Gasteiger partial charge in [0.05, 0.1) is 17.4 Å². The molecule has 2 N–H and O–H groups in total. The maximum Gasteiger partial charge on any atom is 0.274 e. The Balaban J connectivity index is 2.28. The predicted molar refractivity (Wildman–Crippen MR) is 84.3 cm³/mol. The molecule has 2 aromatic rings. The number of aromatic nitrogens is 2. The van der Waals surface area contributed by atoms with Gasteiger partial charge in [-0.1, -0.05) is 23.7 Å². The number of halogens is 1. The number of hydrogen-bond donors (Lipinski definition) is 1. The lowest BCUT2D eigenvalue weighted by molar-refractivity contribution is 0.0732. The second-order valence-electron chi connectivity index (χ2n) is 5.11. The van der Waals surface area contributed by atoms with E-state index in [0.29, 0.717) is 22.1 Å². The molecule has 1 atom stereocenters. The van der Waals surface area contributed by atoms with E-state index in [9.17, 15) is 4.79 Å². The lowest BCUT2D eigenvalue weighted by Gasteiger charge is -2.25. The van der Waals surface area contributed by atoms with Crippen molar-refractivity contribution >= 4 is 23.2 Å². The Morgan fingerprint density at radius 1 is 1.38 bits per heavy atom. The summed E-state index contributed by atoms with van der Waals surface area (Å²) in [4.78, 5) is 14.3. The molecule has 0 bridgehead atoms. The summed E-state index contributed by atoms with van der Waals surface area (Å²) >= 11 is 5.89. The first-order chi connectivity index (χ1) is 9.82. The van der Waals surface area contributed by atoms with Crippen LogP contribution in [0.2, 0.25) is 5.02 Å². The molecule has 2 rings (SSSR count). The third-order valence-electron chi connectivity index (χ3n) is 3.72. The number of carbonyl (C=O) groups is 1. The largest absolute Gasteiger partial charge is 0.395 e. The van der Waals surface area contributed by atoms with Gasteiger partial charge in [-0.15, -0.1) is 0 Å². The minimum atomic E-state index is -0.155. The van der Waals surface area contributed by atoms with Crippen molar-refractivity contribution in [2.45, 2.75) is 19.9 Å². The zero-order chi connectivity index (χ0) is 15.7. The molecule has 0 radical (unpaired) electrons. The molecule has 5 nitrogen and oxygen atoms in total. The van der Waals surface area contributed by atoms with E-state index in [2.05, 4.69) is 5.10 Å². The first kappa shape index (κ1) is 15.4. The average molecular weight is 307 g/mol. The molecule has 0 aliphatic carbocycles. The highest BCUT2D eigenvalue weighted by molar-refractivity contribution is 6.30. The minimum Gasteiger partial charge on any atom is -0.395 e. The number of nitrogens with zero attached hydrogens (tertiary/aromatic N) is 3. The van der Waals surface area contributed by atoms with Gasteiger partial charge in [0, 0.05) is 19.1 Å². The van der Waals surface area contributed by atoms with Crippen LogP contribution in [0.4, 0.5) is 5.69 Å². The molecule has 1 aromatic heterocycles. The second kappa shape index (κ2) is 5.77. The van der Waals surface area contributed by atoms with Crippen LogP contribution in [0.3, 0.4) is 0 Å². The molecule has 0 aliphatic heterocycles. The molecule has 0 saturated carbocycles. The normalized spacial score (nSPS) is 12.2. The number of hydrogen-bond acceptors (Lipinski definition) is 3. The number of amides is 1. The first-order valence-electron chi connectivity index (χ1n) is 6.64. The molecule has 1 amide bonds. The van der Waals surface area contributed by atoms with Gasteiger partial charge in [-0.2, -0.15) is 5.10 Å². The molecule has 6 heteroatoms. The van der Waals surface area contributed by atoms with Crippen molar-refractivity contribution in [2.75, 3.05) is 12.8 Å². The monoisotopic (exact) mass is 306 g/mol. The highest BCUT2D eigenvalue weighted by atomic mass is 35.5. The van der Waals surface area contributed by atoms with Crippen LogP contribution in [-0.4, -0.2) is 27.6 Å². The summed E-state index contributed by atoms with van der Waals surface area (Å²) in [5.74, 6) is -0.155.